The van der Waals surface area contributed by atoms with Gasteiger partial charge in [-0.1, -0.05) is 5.16 Å². The zero-order chi connectivity index (χ0) is 11.5. The van der Waals surface area contributed by atoms with Gasteiger partial charge in [-0.2, -0.15) is 4.98 Å². The molecule has 0 radical (unpaired) electrons. The molecule has 90 valence electrons. The third-order valence-corrected chi connectivity index (χ3v) is 3.17. The van der Waals surface area contributed by atoms with Crippen LogP contribution >= 0.6 is 0 Å². The minimum Gasteiger partial charge on any atom is -0.472 e. The molecular formula is C12H15N3O2. The van der Waals surface area contributed by atoms with Crippen LogP contribution in [-0.2, 0) is 6.42 Å². The highest BCUT2D eigenvalue weighted by Crippen LogP contribution is 2.20. The van der Waals surface area contributed by atoms with Crippen molar-refractivity contribution < 1.29 is 8.94 Å². The molecule has 17 heavy (non-hydrogen) atoms. The second-order valence-corrected chi connectivity index (χ2v) is 4.42. The van der Waals surface area contributed by atoms with E-state index in [9.17, 15) is 0 Å². The molecule has 0 unspecified atom stereocenters. The number of hydrogen-bond acceptors (Lipinski definition) is 5. The number of hydrogen-bond donors (Lipinski definition) is 1. The lowest BCUT2D eigenvalue weighted by atomic mass is 9.95. The normalized spacial score (nSPS) is 17.4. The summed E-state index contributed by atoms with van der Waals surface area (Å²) in [7, 11) is 0. The fraction of sp³-hybridized carbons (Fsp3) is 0.500. The van der Waals surface area contributed by atoms with E-state index < -0.39 is 0 Å². The lowest BCUT2D eigenvalue weighted by molar-refractivity contribution is 0.313. The molecule has 0 spiro atoms. The lowest BCUT2D eigenvalue weighted by Crippen LogP contribution is -2.28. The molecule has 5 heteroatoms. The summed E-state index contributed by atoms with van der Waals surface area (Å²) in [4.78, 5) is 4.39. The topological polar surface area (TPSA) is 64.1 Å². The summed E-state index contributed by atoms with van der Waals surface area (Å²) in [6, 6.07) is 1.83. The molecule has 3 heterocycles. The molecule has 1 saturated heterocycles. The van der Waals surface area contributed by atoms with Crippen molar-refractivity contribution in [2.75, 3.05) is 13.1 Å². The van der Waals surface area contributed by atoms with Gasteiger partial charge in [-0.25, -0.2) is 0 Å². The van der Waals surface area contributed by atoms with Crippen molar-refractivity contribution in [1.29, 1.82) is 0 Å². The van der Waals surface area contributed by atoms with Gasteiger partial charge in [0, 0.05) is 6.42 Å². The van der Waals surface area contributed by atoms with Gasteiger partial charge in [-0.05, 0) is 37.9 Å². The predicted molar refractivity (Wildman–Crippen MR) is 61.3 cm³/mol. The van der Waals surface area contributed by atoms with E-state index >= 15 is 0 Å². The Morgan fingerprint density at radius 3 is 3.00 bits per heavy atom. The molecule has 0 amide bonds. The minimum atomic E-state index is 0.614. The summed E-state index contributed by atoms with van der Waals surface area (Å²) in [5, 5.41) is 7.31. The molecule has 1 fully saturated rings. The number of rotatable bonds is 3. The molecule has 0 aromatic carbocycles. The summed E-state index contributed by atoms with van der Waals surface area (Å²) in [6.45, 7) is 2.18. The summed E-state index contributed by atoms with van der Waals surface area (Å²) in [6.07, 6.45) is 6.48. The number of nitrogens with zero attached hydrogens (tertiary/aromatic N) is 2. The molecule has 2 aromatic rings. The van der Waals surface area contributed by atoms with Crippen molar-refractivity contribution in [2.24, 2.45) is 5.92 Å². The van der Waals surface area contributed by atoms with E-state index in [-0.39, 0.29) is 0 Å². The highest BCUT2D eigenvalue weighted by molar-refractivity contribution is 5.51. The van der Waals surface area contributed by atoms with Gasteiger partial charge in [0.05, 0.1) is 11.8 Å². The molecule has 1 aliphatic rings. The van der Waals surface area contributed by atoms with Crippen LogP contribution in [0.5, 0.6) is 0 Å². The summed E-state index contributed by atoms with van der Waals surface area (Å²) >= 11 is 0. The molecule has 3 rings (SSSR count). The fourth-order valence-electron chi connectivity index (χ4n) is 2.18. The molecule has 0 aliphatic carbocycles. The Labute approximate surface area is 99.2 Å². The molecule has 2 aromatic heterocycles. The quantitative estimate of drug-likeness (QED) is 0.876. The van der Waals surface area contributed by atoms with Gasteiger partial charge >= 0.3 is 0 Å². The maximum absolute atomic E-state index is 5.27. The molecule has 0 bridgehead atoms. The third-order valence-electron chi connectivity index (χ3n) is 3.17. The summed E-state index contributed by atoms with van der Waals surface area (Å²) in [5.74, 6) is 2.00. The largest absolute Gasteiger partial charge is 0.472 e. The standard InChI is InChI=1S/C12H15N3O2/c1-4-13-5-2-9(1)7-11-14-12(15-17-11)10-3-6-16-8-10/h3,6,8-9,13H,1-2,4-5,7H2. The number of aromatic nitrogens is 2. The second-order valence-electron chi connectivity index (χ2n) is 4.42. The van der Waals surface area contributed by atoms with Gasteiger partial charge in [0.15, 0.2) is 0 Å². The maximum Gasteiger partial charge on any atom is 0.227 e. The van der Waals surface area contributed by atoms with Crippen LogP contribution in [0.25, 0.3) is 11.4 Å². The Morgan fingerprint density at radius 1 is 1.35 bits per heavy atom. The molecular weight excluding hydrogens is 218 g/mol. The van der Waals surface area contributed by atoms with Crippen LogP contribution in [0, 0.1) is 5.92 Å². The van der Waals surface area contributed by atoms with Gasteiger partial charge in [0.2, 0.25) is 11.7 Å². The van der Waals surface area contributed by atoms with Crippen LogP contribution < -0.4 is 5.32 Å². The monoisotopic (exact) mass is 233 g/mol. The first-order valence-corrected chi connectivity index (χ1v) is 5.98. The van der Waals surface area contributed by atoms with Crippen molar-refractivity contribution >= 4 is 0 Å². The molecule has 0 atom stereocenters. The summed E-state index contributed by atoms with van der Waals surface area (Å²) < 4.78 is 10.3. The number of piperidine rings is 1. The molecule has 1 N–H and O–H groups in total. The van der Waals surface area contributed by atoms with E-state index in [1.807, 2.05) is 6.07 Å². The van der Waals surface area contributed by atoms with Gasteiger partial charge in [0.1, 0.15) is 6.26 Å². The van der Waals surface area contributed by atoms with Gasteiger partial charge in [-0.3, -0.25) is 0 Å². The highest BCUT2D eigenvalue weighted by atomic mass is 16.5. The van der Waals surface area contributed by atoms with Crippen LogP contribution in [0.1, 0.15) is 18.7 Å². The zero-order valence-electron chi connectivity index (χ0n) is 9.56. The molecule has 1 aliphatic heterocycles. The second kappa shape index (κ2) is 4.71. The SMILES string of the molecule is c1cc(-c2noc(CC3CCNCC3)n2)co1. The van der Waals surface area contributed by atoms with Gasteiger partial charge in [0.25, 0.3) is 0 Å². The number of nitrogens with one attached hydrogen (secondary N) is 1. The van der Waals surface area contributed by atoms with Crippen molar-refractivity contribution in [2.45, 2.75) is 19.3 Å². The van der Waals surface area contributed by atoms with Crippen LogP contribution in [0.2, 0.25) is 0 Å². The van der Waals surface area contributed by atoms with Crippen LogP contribution in [0.15, 0.2) is 27.5 Å². The van der Waals surface area contributed by atoms with Crippen molar-refractivity contribution in [3.05, 3.63) is 24.5 Å². The van der Waals surface area contributed by atoms with E-state index in [0.717, 1.165) is 31.0 Å². The van der Waals surface area contributed by atoms with Crippen LogP contribution in [0.4, 0.5) is 0 Å². The predicted octanol–water partition coefficient (Wildman–Crippen LogP) is 1.87. The van der Waals surface area contributed by atoms with Crippen molar-refractivity contribution in [3.8, 4) is 11.4 Å². The summed E-state index contributed by atoms with van der Waals surface area (Å²) in [5.41, 5.74) is 0.866. The zero-order valence-corrected chi connectivity index (χ0v) is 9.56. The minimum absolute atomic E-state index is 0.614. The fourth-order valence-corrected chi connectivity index (χ4v) is 2.18. The van der Waals surface area contributed by atoms with E-state index in [1.165, 1.54) is 12.8 Å². The van der Waals surface area contributed by atoms with E-state index in [4.69, 9.17) is 8.94 Å². The average Bonchev–Trinajstić information content (AvgIpc) is 3.00. The Kier molecular flexibility index (Phi) is 2.92. The Hall–Kier alpha value is -1.62. The van der Waals surface area contributed by atoms with E-state index in [1.54, 1.807) is 12.5 Å². The molecule has 5 nitrogen and oxygen atoms in total. The van der Waals surface area contributed by atoms with Crippen LogP contribution in [0.3, 0.4) is 0 Å². The number of furan rings is 1. The van der Waals surface area contributed by atoms with Gasteiger partial charge in [-0.15, -0.1) is 0 Å². The van der Waals surface area contributed by atoms with Crippen molar-refractivity contribution in [3.63, 3.8) is 0 Å². The van der Waals surface area contributed by atoms with Crippen LogP contribution in [-0.4, -0.2) is 23.2 Å². The Balaban J connectivity index is 1.68. The first-order chi connectivity index (χ1) is 8.42. The molecule has 0 saturated carbocycles. The lowest BCUT2D eigenvalue weighted by Gasteiger charge is -2.20. The Morgan fingerprint density at radius 2 is 2.24 bits per heavy atom. The highest BCUT2D eigenvalue weighted by Gasteiger charge is 2.17. The average molecular weight is 233 g/mol. The van der Waals surface area contributed by atoms with Gasteiger partial charge < -0.3 is 14.3 Å². The smallest absolute Gasteiger partial charge is 0.227 e. The maximum atomic E-state index is 5.27. The third kappa shape index (κ3) is 2.39. The van der Waals surface area contributed by atoms with E-state index in [0.29, 0.717) is 11.7 Å². The first-order valence-electron chi connectivity index (χ1n) is 5.98. The van der Waals surface area contributed by atoms with E-state index in [2.05, 4.69) is 15.5 Å². The van der Waals surface area contributed by atoms with Crippen molar-refractivity contribution in [1.82, 2.24) is 15.5 Å². The Bertz CT molecular complexity index is 458. The first kappa shape index (κ1) is 10.5.